The summed E-state index contributed by atoms with van der Waals surface area (Å²) in [5.41, 5.74) is 8.93. The Labute approximate surface area is 174 Å². The molecule has 5 nitrogen and oxygen atoms in total. The van der Waals surface area contributed by atoms with E-state index in [0.717, 1.165) is 12.8 Å². The number of carbonyl (C=O) groups excluding carboxylic acids is 1. The highest BCUT2D eigenvalue weighted by atomic mass is 16.6. The quantitative estimate of drug-likeness (QED) is 0.239. The summed E-state index contributed by atoms with van der Waals surface area (Å²) in [7, 11) is 1.48. The van der Waals surface area contributed by atoms with Crippen molar-refractivity contribution in [2.75, 3.05) is 26.8 Å². The summed E-state index contributed by atoms with van der Waals surface area (Å²) in [6, 6.07) is 0. The molecule has 0 bridgehead atoms. The van der Waals surface area contributed by atoms with Gasteiger partial charge in [0.15, 0.2) is 0 Å². The van der Waals surface area contributed by atoms with E-state index in [-0.39, 0.29) is 13.2 Å². The van der Waals surface area contributed by atoms with Crippen LogP contribution >= 0.6 is 0 Å². The van der Waals surface area contributed by atoms with Crippen molar-refractivity contribution >= 4 is 6.09 Å². The minimum atomic E-state index is -0.443. The van der Waals surface area contributed by atoms with Gasteiger partial charge < -0.3 is 14.8 Å². The molecule has 0 aliphatic heterocycles. The van der Waals surface area contributed by atoms with Gasteiger partial charge in [-0.1, -0.05) is 103 Å². The number of unbranched alkanes of at least 4 members (excludes halogenated alkanes) is 15. The van der Waals surface area contributed by atoms with Crippen molar-refractivity contribution in [3.63, 3.8) is 0 Å². The van der Waals surface area contributed by atoms with Gasteiger partial charge in [-0.3, -0.25) is 0 Å². The van der Waals surface area contributed by atoms with Crippen molar-refractivity contribution in [2.45, 2.75) is 116 Å². The Morgan fingerprint density at radius 1 is 0.786 bits per heavy atom. The fourth-order valence-electron chi connectivity index (χ4n) is 3.28. The molecule has 0 aromatic rings. The summed E-state index contributed by atoms with van der Waals surface area (Å²) in [5.74, 6) is 0. The molecule has 166 valence electrons. The molecule has 28 heavy (non-hydrogen) atoms. The van der Waals surface area contributed by atoms with Crippen LogP contribution in [0.25, 0.3) is 0 Å². The maximum Gasteiger partial charge on any atom is 0.407 e. The first kappa shape index (κ1) is 27.2. The van der Waals surface area contributed by atoms with Crippen LogP contribution in [0.5, 0.6) is 0 Å². The number of carbonyl (C=O) groups is 1. The zero-order valence-corrected chi connectivity index (χ0v) is 18.7. The topological polar surface area (TPSA) is 69.9 Å². The summed E-state index contributed by atoms with van der Waals surface area (Å²) in [5, 5.41) is 2.74. The van der Waals surface area contributed by atoms with E-state index in [4.69, 9.17) is 15.2 Å². The van der Waals surface area contributed by atoms with Gasteiger partial charge in [0, 0.05) is 13.7 Å². The van der Waals surface area contributed by atoms with E-state index in [1.54, 1.807) is 0 Å². The lowest BCUT2D eigenvalue weighted by molar-refractivity contribution is 0.0395. The van der Waals surface area contributed by atoms with Gasteiger partial charge >= 0.3 is 6.09 Å². The first-order chi connectivity index (χ1) is 13.7. The van der Waals surface area contributed by atoms with Gasteiger partial charge in [-0.2, -0.15) is 0 Å². The molecule has 1 atom stereocenters. The molecule has 1 N–H and O–H groups in total. The average Bonchev–Trinajstić information content (AvgIpc) is 2.71. The second kappa shape index (κ2) is 22.5. The van der Waals surface area contributed by atoms with Crippen LogP contribution in [-0.2, 0) is 9.47 Å². The molecule has 0 aliphatic carbocycles. The Morgan fingerprint density at radius 3 is 1.61 bits per heavy atom. The van der Waals surface area contributed by atoms with E-state index in [2.05, 4.69) is 12.2 Å². The molecule has 0 rings (SSSR count). The second-order valence-electron chi connectivity index (χ2n) is 7.87. The zero-order valence-electron chi connectivity index (χ0n) is 18.7. The molecule has 0 aromatic carbocycles. The van der Waals surface area contributed by atoms with Crippen LogP contribution in [0.2, 0.25) is 0 Å². The molecule has 0 fully saturated rings. The second-order valence-corrected chi connectivity index (χ2v) is 7.87. The number of hydrogen-bond acceptors (Lipinski definition) is 3. The van der Waals surface area contributed by atoms with Crippen molar-refractivity contribution in [3.05, 3.63) is 0 Å². The van der Waals surface area contributed by atoms with E-state index in [9.17, 15) is 4.79 Å². The number of methoxy groups -OCH3 is 1. The Bertz CT molecular complexity index is 323. The molecule has 5 heteroatoms. The minimum absolute atomic E-state index is 0.0811. The van der Waals surface area contributed by atoms with Crippen LogP contribution in [0.15, 0.2) is 0 Å². The molecule has 0 saturated heterocycles. The van der Waals surface area contributed by atoms with Gasteiger partial charge in [0.05, 0.1) is 6.54 Å². The lowest BCUT2D eigenvalue weighted by Crippen LogP contribution is -2.31. The average molecular weight is 399 g/mol. The van der Waals surface area contributed by atoms with Crippen LogP contribution in [0.3, 0.4) is 0 Å². The number of hydrogen-bond donors (Lipinski definition) is 1. The molecular weight excluding hydrogens is 352 g/mol. The van der Waals surface area contributed by atoms with Gasteiger partial charge in [-0.25, -0.2) is 4.79 Å². The van der Waals surface area contributed by atoms with Crippen molar-refractivity contribution in [3.8, 4) is 0 Å². The first-order valence-corrected chi connectivity index (χ1v) is 11.8. The van der Waals surface area contributed by atoms with Gasteiger partial charge in [0.2, 0.25) is 0 Å². The zero-order chi connectivity index (χ0) is 20.7. The summed E-state index contributed by atoms with van der Waals surface area (Å²) in [4.78, 5) is 11.5. The third kappa shape index (κ3) is 19.9. The Hall–Kier alpha value is -0.810. The van der Waals surface area contributed by atoms with Crippen molar-refractivity contribution in [1.82, 2.24) is 11.1 Å². The van der Waals surface area contributed by atoms with E-state index in [1.165, 1.54) is 97.0 Å². The van der Waals surface area contributed by atoms with Crippen molar-refractivity contribution in [2.24, 2.45) is 0 Å². The lowest BCUT2D eigenvalue weighted by atomic mass is 10.0. The predicted molar refractivity (Wildman–Crippen MR) is 117 cm³/mol. The highest BCUT2D eigenvalue weighted by Gasteiger charge is 2.09. The monoisotopic (exact) mass is 398 g/mol. The molecule has 1 unspecified atom stereocenters. The van der Waals surface area contributed by atoms with Gasteiger partial charge in [-0.05, 0) is 6.42 Å². The van der Waals surface area contributed by atoms with Crippen molar-refractivity contribution < 1.29 is 14.3 Å². The fourth-order valence-corrected chi connectivity index (χ4v) is 3.28. The molecule has 1 amide bonds. The number of amides is 1. The lowest BCUT2D eigenvalue weighted by Gasteiger charge is -2.12. The van der Waals surface area contributed by atoms with E-state index >= 15 is 0 Å². The molecule has 0 aliphatic rings. The largest absolute Gasteiger partial charge is 0.447 e. The van der Waals surface area contributed by atoms with Crippen molar-refractivity contribution in [1.29, 1.82) is 0 Å². The highest BCUT2D eigenvalue weighted by Crippen LogP contribution is 2.13. The van der Waals surface area contributed by atoms with Crippen LogP contribution < -0.4 is 11.1 Å². The third-order valence-electron chi connectivity index (χ3n) is 5.24. The normalized spacial score (nSPS) is 12.1. The maximum atomic E-state index is 11.5. The highest BCUT2D eigenvalue weighted by molar-refractivity contribution is 5.67. The number of nitrogens with zero attached hydrogens (tertiary/aromatic N) is 1. The Balaban J connectivity index is 3.16. The summed E-state index contributed by atoms with van der Waals surface area (Å²) < 4.78 is 9.91. The summed E-state index contributed by atoms with van der Waals surface area (Å²) in [6.07, 6.45) is 20.6. The van der Waals surface area contributed by atoms with Crippen LogP contribution in [0, 0.1) is 0 Å². The molecule has 2 radical (unpaired) electrons. The van der Waals surface area contributed by atoms with E-state index < -0.39 is 12.2 Å². The summed E-state index contributed by atoms with van der Waals surface area (Å²) >= 11 is 0. The van der Waals surface area contributed by atoms with Crippen LogP contribution in [0.1, 0.15) is 110 Å². The maximum absolute atomic E-state index is 11.5. The summed E-state index contributed by atoms with van der Waals surface area (Å²) in [6.45, 7) is 2.85. The van der Waals surface area contributed by atoms with Crippen LogP contribution in [0.4, 0.5) is 4.79 Å². The number of rotatable bonds is 21. The number of alkyl carbamates (subject to hydrolysis) is 1. The molecule has 0 saturated carbocycles. The molecule has 0 spiro atoms. The van der Waals surface area contributed by atoms with Gasteiger partial charge in [0.1, 0.15) is 12.7 Å². The Kier molecular flexibility index (Phi) is 21.8. The van der Waals surface area contributed by atoms with Crippen LogP contribution in [-0.4, -0.2) is 39.0 Å². The molecule has 0 heterocycles. The van der Waals surface area contributed by atoms with E-state index in [0.29, 0.717) is 6.54 Å². The van der Waals surface area contributed by atoms with E-state index in [1.807, 2.05) is 0 Å². The predicted octanol–water partition coefficient (Wildman–Crippen LogP) is 6.06. The minimum Gasteiger partial charge on any atom is -0.447 e. The first-order valence-electron chi connectivity index (χ1n) is 11.8. The molecular formula is C23H46N2O3. The smallest absolute Gasteiger partial charge is 0.407 e. The Morgan fingerprint density at radius 2 is 1.21 bits per heavy atom. The van der Waals surface area contributed by atoms with Gasteiger partial charge in [-0.15, -0.1) is 5.73 Å². The standard InChI is InChI=1S/C23H46N2O3/c1-3-4-5-6-7-8-9-10-11-12-13-14-15-16-17-18-19-25-23(26)28-21-22(20-24)27-2/h22H,3-21H2,1-2H3,(H,25,26). The third-order valence-corrected chi connectivity index (χ3v) is 5.24. The SMILES string of the molecule is CCCCCCCCCCCCCCCCCCNC(=O)OCC(C[N])OC. The molecule has 0 aromatic heterocycles. The fraction of sp³-hybridized carbons (Fsp3) is 0.957. The number of ether oxygens (including phenoxy) is 2. The number of nitrogens with one attached hydrogen (secondary N) is 1. The van der Waals surface area contributed by atoms with Gasteiger partial charge in [0.25, 0.3) is 0 Å².